The average molecular weight is 259 g/mol. The summed E-state index contributed by atoms with van der Waals surface area (Å²) in [6.07, 6.45) is 4.22. The van der Waals surface area contributed by atoms with E-state index in [1.165, 1.54) is 6.07 Å². The first-order valence-corrected chi connectivity index (χ1v) is 6.05. The van der Waals surface area contributed by atoms with Gasteiger partial charge in [0.05, 0.1) is 16.4 Å². The Morgan fingerprint density at radius 3 is 2.47 bits per heavy atom. The number of ketones is 2. The first-order chi connectivity index (χ1) is 9.09. The molecule has 1 aromatic carbocycles. The van der Waals surface area contributed by atoms with E-state index in [1.54, 1.807) is 30.4 Å². The minimum Gasteiger partial charge on any atom is -0.299 e. The Hall–Kier alpha value is -2.30. The van der Waals surface area contributed by atoms with Crippen molar-refractivity contribution in [3.05, 3.63) is 46.0 Å². The van der Waals surface area contributed by atoms with Crippen LogP contribution in [0.1, 0.15) is 24.8 Å². The van der Waals surface area contributed by atoms with Crippen LogP contribution in [-0.2, 0) is 9.59 Å². The zero-order valence-corrected chi connectivity index (χ0v) is 10.2. The highest BCUT2D eigenvalue weighted by atomic mass is 16.6. The Morgan fingerprint density at radius 2 is 1.84 bits per heavy atom. The van der Waals surface area contributed by atoms with Crippen molar-refractivity contribution in [1.29, 1.82) is 0 Å². The maximum atomic E-state index is 11.4. The molecule has 1 aliphatic carbocycles. The lowest BCUT2D eigenvalue weighted by atomic mass is 10.0. The third-order valence-corrected chi connectivity index (χ3v) is 3.20. The molecule has 0 N–H and O–H groups in total. The maximum Gasteiger partial charge on any atom is 0.276 e. The lowest BCUT2D eigenvalue weighted by Crippen LogP contribution is -2.12. The second kappa shape index (κ2) is 5.56. The predicted molar refractivity (Wildman–Crippen MR) is 69.5 cm³/mol. The van der Waals surface area contributed by atoms with E-state index in [2.05, 4.69) is 0 Å². The maximum absolute atomic E-state index is 11.4. The van der Waals surface area contributed by atoms with Gasteiger partial charge in [-0.2, -0.15) is 0 Å². The SMILES string of the molecule is O=C1CCC(=O)C1C/C=C/c1ccccc1[N+](=O)[O-]. The van der Waals surface area contributed by atoms with E-state index >= 15 is 0 Å². The normalized spacial score (nSPS) is 16.4. The molecule has 0 amide bonds. The quantitative estimate of drug-likeness (QED) is 0.473. The lowest BCUT2D eigenvalue weighted by molar-refractivity contribution is -0.385. The zero-order chi connectivity index (χ0) is 13.8. The summed E-state index contributed by atoms with van der Waals surface area (Å²) in [6.45, 7) is 0. The minimum atomic E-state index is -0.556. The molecule has 1 fully saturated rings. The van der Waals surface area contributed by atoms with Crippen molar-refractivity contribution < 1.29 is 14.5 Å². The van der Waals surface area contributed by atoms with E-state index in [9.17, 15) is 19.7 Å². The number of carbonyl (C=O) groups is 2. The van der Waals surface area contributed by atoms with Gasteiger partial charge in [-0.05, 0) is 12.5 Å². The topological polar surface area (TPSA) is 77.3 Å². The Balaban J connectivity index is 2.09. The number of para-hydroxylation sites is 1. The van der Waals surface area contributed by atoms with Gasteiger partial charge in [0.15, 0.2) is 0 Å². The molecule has 98 valence electrons. The van der Waals surface area contributed by atoms with Crippen LogP contribution in [0.4, 0.5) is 5.69 Å². The van der Waals surface area contributed by atoms with Crippen LogP contribution in [-0.4, -0.2) is 16.5 Å². The molecule has 0 aromatic heterocycles. The predicted octanol–water partition coefficient (Wildman–Crippen LogP) is 2.55. The van der Waals surface area contributed by atoms with Gasteiger partial charge in [0, 0.05) is 18.9 Å². The monoisotopic (exact) mass is 259 g/mol. The highest BCUT2D eigenvalue weighted by molar-refractivity contribution is 6.08. The molecule has 2 rings (SSSR count). The molecular formula is C14H13NO4. The van der Waals surface area contributed by atoms with E-state index in [0.717, 1.165) is 0 Å². The van der Waals surface area contributed by atoms with Crippen molar-refractivity contribution in [3.63, 3.8) is 0 Å². The first-order valence-electron chi connectivity index (χ1n) is 6.05. The minimum absolute atomic E-state index is 0.0165. The average Bonchev–Trinajstić information content (AvgIpc) is 2.70. The summed E-state index contributed by atoms with van der Waals surface area (Å²) < 4.78 is 0. The van der Waals surface area contributed by atoms with Crippen molar-refractivity contribution in [2.75, 3.05) is 0 Å². The summed E-state index contributed by atoms with van der Waals surface area (Å²) in [6, 6.07) is 6.36. The van der Waals surface area contributed by atoms with Crippen LogP contribution in [0.15, 0.2) is 30.3 Å². The standard InChI is InChI=1S/C14H13NO4/c16-13-8-9-14(17)11(13)6-3-5-10-4-1-2-7-12(10)15(18)19/h1-5,7,11H,6,8-9H2/b5-3+. The van der Waals surface area contributed by atoms with Gasteiger partial charge in [-0.25, -0.2) is 0 Å². The van der Waals surface area contributed by atoms with Gasteiger partial charge in [0.1, 0.15) is 11.6 Å². The number of benzene rings is 1. The fourth-order valence-electron chi connectivity index (χ4n) is 2.16. The van der Waals surface area contributed by atoms with Crippen molar-refractivity contribution in [2.24, 2.45) is 5.92 Å². The van der Waals surface area contributed by atoms with Gasteiger partial charge in [-0.3, -0.25) is 19.7 Å². The smallest absolute Gasteiger partial charge is 0.276 e. The highest BCUT2D eigenvalue weighted by Crippen LogP contribution is 2.23. The van der Waals surface area contributed by atoms with Crippen LogP contribution < -0.4 is 0 Å². The van der Waals surface area contributed by atoms with Crippen molar-refractivity contribution in [2.45, 2.75) is 19.3 Å². The Morgan fingerprint density at radius 1 is 1.21 bits per heavy atom. The van der Waals surface area contributed by atoms with Crippen LogP contribution >= 0.6 is 0 Å². The van der Waals surface area contributed by atoms with Crippen LogP contribution in [0.3, 0.4) is 0 Å². The van der Waals surface area contributed by atoms with Crippen LogP contribution in [0, 0.1) is 16.0 Å². The highest BCUT2D eigenvalue weighted by Gasteiger charge is 2.31. The van der Waals surface area contributed by atoms with Crippen LogP contribution in [0.5, 0.6) is 0 Å². The summed E-state index contributed by atoms with van der Waals surface area (Å²) in [5, 5.41) is 10.8. The molecule has 0 aliphatic heterocycles. The molecule has 0 spiro atoms. The van der Waals surface area contributed by atoms with E-state index in [4.69, 9.17) is 0 Å². The number of nitrogens with zero attached hydrogens (tertiary/aromatic N) is 1. The van der Waals surface area contributed by atoms with E-state index in [0.29, 0.717) is 24.8 Å². The number of hydrogen-bond acceptors (Lipinski definition) is 4. The molecule has 5 heteroatoms. The molecule has 1 saturated carbocycles. The molecule has 0 saturated heterocycles. The third-order valence-electron chi connectivity index (χ3n) is 3.20. The van der Waals surface area contributed by atoms with Gasteiger partial charge >= 0.3 is 0 Å². The summed E-state index contributed by atoms with van der Waals surface area (Å²) >= 11 is 0. The second-order valence-electron chi connectivity index (χ2n) is 4.44. The van der Waals surface area contributed by atoms with E-state index in [1.807, 2.05) is 0 Å². The fraction of sp³-hybridized carbons (Fsp3) is 0.286. The van der Waals surface area contributed by atoms with Crippen molar-refractivity contribution >= 4 is 23.3 Å². The molecule has 0 atom stereocenters. The fourth-order valence-corrected chi connectivity index (χ4v) is 2.16. The van der Waals surface area contributed by atoms with Gasteiger partial charge in [-0.1, -0.05) is 24.3 Å². The molecule has 5 nitrogen and oxygen atoms in total. The first kappa shape index (κ1) is 13.1. The number of carbonyl (C=O) groups excluding carboxylic acids is 2. The number of rotatable bonds is 4. The molecule has 19 heavy (non-hydrogen) atoms. The number of Topliss-reactive ketones (excluding diaryl/α,β-unsaturated/α-hetero) is 2. The lowest BCUT2D eigenvalue weighted by Gasteiger charge is -2.01. The second-order valence-corrected chi connectivity index (χ2v) is 4.44. The third kappa shape index (κ3) is 2.93. The molecule has 0 bridgehead atoms. The van der Waals surface area contributed by atoms with Gasteiger partial charge in [0.2, 0.25) is 0 Å². The molecular weight excluding hydrogens is 246 g/mol. The Kier molecular flexibility index (Phi) is 3.85. The molecule has 0 radical (unpaired) electrons. The Labute approximate surface area is 110 Å². The Bertz CT molecular complexity index is 546. The number of nitro groups is 1. The van der Waals surface area contributed by atoms with Crippen LogP contribution in [0.25, 0.3) is 6.08 Å². The molecule has 0 heterocycles. The zero-order valence-electron chi connectivity index (χ0n) is 10.2. The van der Waals surface area contributed by atoms with E-state index in [-0.39, 0.29) is 17.3 Å². The number of hydrogen-bond donors (Lipinski definition) is 0. The largest absolute Gasteiger partial charge is 0.299 e. The summed E-state index contributed by atoms with van der Waals surface area (Å²) in [4.78, 5) is 33.2. The van der Waals surface area contributed by atoms with Gasteiger partial charge in [0.25, 0.3) is 5.69 Å². The number of allylic oxidation sites excluding steroid dienone is 1. The summed E-state index contributed by atoms with van der Waals surface area (Å²) in [7, 11) is 0. The van der Waals surface area contributed by atoms with Gasteiger partial charge < -0.3 is 0 Å². The van der Waals surface area contributed by atoms with Crippen LogP contribution in [0.2, 0.25) is 0 Å². The summed E-state index contributed by atoms with van der Waals surface area (Å²) in [5.41, 5.74) is 0.494. The molecule has 1 aromatic rings. The van der Waals surface area contributed by atoms with Gasteiger partial charge in [-0.15, -0.1) is 0 Å². The van der Waals surface area contributed by atoms with Crippen molar-refractivity contribution in [1.82, 2.24) is 0 Å². The molecule has 0 unspecified atom stereocenters. The number of nitro benzene ring substituents is 1. The molecule has 1 aliphatic rings. The summed E-state index contributed by atoms with van der Waals surface area (Å²) in [5.74, 6) is -0.617. The van der Waals surface area contributed by atoms with Crippen molar-refractivity contribution in [3.8, 4) is 0 Å². The van der Waals surface area contributed by atoms with E-state index < -0.39 is 10.8 Å².